The second kappa shape index (κ2) is 11.0. The number of aryl methyl sites for hydroxylation is 2. The summed E-state index contributed by atoms with van der Waals surface area (Å²) in [6.45, 7) is 14.6. The number of carbonyl (C=O) groups excluding carboxylic acids is 1. The van der Waals surface area contributed by atoms with Crippen molar-refractivity contribution in [3.8, 4) is 0 Å². The van der Waals surface area contributed by atoms with E-state index in [2.05, 4.69) is 33.6 Å². The van der Waals surface area contributed by atoms with Crippen LogP contribution in [0, 0.1) is 13.8 Å². The van der Waals surface area contributed by atoms with Gasteiger partial charge in [0.1, 0.15) is 6.33 Å². The van der Waals surface area contributed by atoms with Gasteiger partial charge in [0.2, 0.25) is 0 Å². The van der Waals surface area contributed by atoms with E-state index in [9.17, 15) is 18.0 Å². The number of alkyl halides is 3. The number of halogens is 3. The number of piperidine rings is 1. The number of ether oxygens (including phenoxy) is 1. The van der Waals surface area contributed by atoms with Crippen LogP contribution in [0.15, 0.2) is 24.5 Å². The first-order chi connectivity index (χ1) is 18.9. The monoisotopic (exact) mass is 559 g/mol. The standard InChI is InChI=1S/C30H40F3N5O2/c1-6-40-25-16-22-15-23(30(31,32)33)7-8-24(22)27(25)38-14-13-37(17-19(38)2)29(5)9-11-36(12-10-29)28(39)26-20(3)34-18-35-21(26)4/h7-8,15,18-19,25,27H,6,9-14,16-17H2,1-5H3/t19-,25+,27+/m0/s1. The molecule has 1 aliphatic carbocycles. The second-order valence-corrected chi connectivity index (χ2v) is 11.8. The van der Waals surface area contributed by atoms with E-state index in [-0.39, 0.29) is 29.6 Å². The van der Waals surface area contributed by atoms with Crippen LogP contribution in [-0.2, 0) is 17.3 Å². The first kappa shape index (κ1) is 29.0. The summed E-state index contributed by atoms with van der Waals surface area (Å²) in [5.41, 5.74) is 3.11. The highest BCUT2D eigenvalue weighted by molar-refractivity contribution is 5.96. The van der Waals surface area contributed by atoms with Crippen molar-refractivity contribution in [2.75, 3.05) is 39.3 Å². The third kappa shape index (κ3) is 5.37. The molecule has 5 rings (SSSR count). The van der Waals surface area contributed by atoms with Gasteiger partial charge in [-0.1, -0.05) is 6.07 Å². The van der Waals surface area contributed by atoms with E-state index in [1.54, 1.807) is 6.07 Å². The molecule has 2 saturated heterocycles. The van der Waals surface area contributed by atoms with Crippen molar-refractivity contribution in [1.29, 1.82) is 0 Å². The number of piperazine rings is 1. The highest BCUT2D eigenvalue weighted by atomic mass is 19.4. The summed E-state index contributed by atoms with van der Waals surface area (Å²) in [4.78, 5) is 28.6. The smallest absolute Gasteiger partial charge is 0.376 e. The molecule has 0 radical (unpaired) electrons. The molecule has 2 aliphatic heterocycles. The predicted molar refractivity (Wildman–Crippen MR) is 146 cm³/mol. The zero-order valence-corrected chi connectivity index (χ0v) is 24.1. The summed E-state index contributed by atoms with van der Waals surface area (Å²) in [5, 5.41) is 0. The van der Waals surface area contributed by atoms with Crippen LogP contribution >= 0.6 is 0 Å². The Morgan fingerprint density at radius 2 is 1.77 bits per heavy atom. The summed E-state index contributed by atoms with van der Waals surface area (Å²) in [7, 11) is 0. The lowest BCUT2D eigenvalue weighted by Crippen LogP contribution is -2.62. The number of fused-ring (bicyclic) bond motifs is 1. The van der Waals surface area contributed by atoms with Gasteiger partial charge in [-0.25, -0.2) is 9.97 Å². The number of carbonyl (C=O) groups is 1. The Kier molecular flexibility index (Phi) is 7.98. The molecule has 0 saturated carbocycles. The normalized spacial score (nSPS) is 25.7. The van der Waals surface area contributed by atoms with E-state index in [1.165, 1.54) is 18.5 Å². The molecule has 2 fully saturated rings. The van der Waals surface area contributed by atoms with Gasteiger partial charge >= 0.3 is 6.18 Å². The van der Waals surface area contributed by atoms with Crippen molar-refractivity contribution >= 4 is 5.91 Å². The first-order valence-corrected chi connectivity index (χ1v) is 14.3. The predicted octanol–water partition coefficient (Wildman–Crippen LogP) is 4.82. The molecule has 3 atom stereocenters. The average molecular weight is 560 g/mol. The molecule has 0 N–H and O–H groups in total. The van der Waals surface area contributed by atoms with Gasteiger partial charge in [-0.2, -0.15) is 13.2 Å². The lowest BCUT2D eigenvalue weighted by Gasteiger charge is -2.53. The SMILES string of the molecule is CCO[C@@H]1Cc2cc(C(F)(F)F)ccc2[C@H]1N1CCN(C2(C)CCN(C(=O)c3c(C)ncnc3C)CC2)C[C@@H]1C. The average Bonchev–Trinajstić information content (AvgIpc) is 3.25. The Hall–Kier alpha value is -2.56. The van der Waals surface area contributed by atoms with Crippen molar-refractivity contribution < 1.29 is 22.7 Å². The minimum absolute atomic E-state index is 0.00591. The largest absolute Gasteiger partial charge is 0.416 e. The van der Waals surface area contributed by atoms with Crippen LogP contribution in [0.1, 0.15) is 78.1 Å². The van der Waals surface area contributed by atoms with Crippen molar-refractivity contribution in [2.24, 2.45) is 0 Å². The maximum Gasteiger partial charge on any atom is 0.416 e. The van der Waals surface area contributed by atoms with Crippen molar-refractivity contribution in [1.82, 2.24) is 24.7 Å². The molecular weight excluding hydrogens is 519 g/mol. The van der Waals surface area contributed by atoms with Gasteiger partial charge in [-0.05, 0) is 70.7 Å². The maximum absolute atomic E-state index is 13.4. The Labute approximate surface area is 234 Å². The van der Waals surface area contributed by atoms with E-state index >= 15 is 0 Å². The van der Waals surface area contributed by atoms with Crippen LogP contribution in [0.3, 0.4) is 0 Å². The van der Waals surface area contributed by atoms with Gasteiger partial charge in [0.05, 0.1) is 34.7 Å². The van der Waals surface area contributed by atoms with Crippen LogP contribution in [0.2, 0.25) is 0 Å². The van der Waals surface area contributed by atoms with E-state index in [0.717, 1.165) is 43.6 Å². The zero-order valence-electron chi connectivity index (χ0n) is 24.1. The van der Waals surface area contributed by atoms with Gasteiger partial charge in [-0.15, -0.1) is 0 Å². The molecule has 7 nitrogen and oxygen atoms in total. The quantitative estimate of drug-likeness (QED) is 0.524. The van der Waals surface area contributed by atoms with E-state index in [1.807, 2.05) is 25.7 Å². The molecule has 0 spiro atoms. The number of aromatic nitrogens is 2. The molecular formula is C30H40F3N5O2. The van der Waals surface area contributed by atoms with Crippen LogP contribution in [-0.4, -0.2) is 87.6 Å². The summed E-state index contributed by atoms with van der Waals surface area (Å²) in [6, 6.07) is 4.33. The molecule has 0 unspecified atom stereocenters. The Morgan fingerprint density at radius 3 is 2.38 bits per heavy atom. The fourth-order valence-electron chi connectivity index (χ4n) is 6.98. The molecule has 1 aromatic heterocycles. The van der Waals surface area contributed by atoms with Crippen LogP contribution < -0.4 is 0 Å². The number of benzene rings is 1. The van der Waals surface area contributed by atoms with Gasteiger partial charge in [0.25, 0.3) is 5.91 Å². The molecule has 1 aromatic carbocycles. The van der Waals surface area contributed by atoms with E-state index in [0.29, 0.717) is 43.1 Å². The maximum atomic E-state index is 13.4. The highest BCUT2D eigenvalue weighted by Crippen LogP contribution is 2.43. The second-order valence-electron chi connectivity index (χ2n) is 11.8. The molecule has 40 heavy (non-hydrogen) atoms. The van der Waals surface area contributed by atoms with Crippen LogP contribution in [0.5, 0.6) is 0 Å². The summed E-state index contributed by atoms with van der Waals surface area (Å²) >= 11 is 0. The molecule has 0 bridgehead atoms. The van der Waals surface area contributed by atoms with Gasteiger partial charge in [0, 0.05) is 57.3 Å². The molecule has 218 valence electrons. The number of rotatable bonds is 5. The number of hydrogen-bond donors (Lipinski definition) is 0. The lowest BCUT2D eigenvalue weighted by molar-refractivity contribution is -0.137. The Morgan fingerprint density at radius 1 is 1.10 bits per heavy atom. The fraction of sp³-hybridized carbons (Fsp3) is 0.633. The minimum atomic E-state index is -4.35. The number of hydrogen-bond acceptors (Lipinski definition) is 6. The van der Waals surface area contributed by atoms with Crippen molar-refractivity contribution in [2.45, 2.75) is 83.8 Å². The summed E-state index contributed by atoms with van der Waals surface area (Å²) in [6.07, 6.45) is -0.754. The number of nitrogens with zero attached hydrogens (tertiary/aromatic N) is 5. The summed E-state index contributed by atoms with van der Waals surface area (Å²) in [5.74, 6) is 0.00591. The lowest BCUT2D eigenvalue weighted by atomic mass is 9.86. The van der Waals surface area contributed by atoms with Crippen LogP contribution in [0.4, 0.5) is 13.2 Å². The highest BCUT2D eigenvalue weighted by Gasteiger charge is 2.45. The van der Waals surface area contributed by atoms with E-state index < -0.39 is 11.7 Å². The van der Waals surface area contributed by atoms with Gasteiger partial charge in [-0.3, -0.25) is 14.6 Å². The molecule has 2 aromatic rings. The molecule has 1 amide bonds. The molecule has 3 aliphatic rings. The summed E-state index contributed by atoms with van der Waals surface area (Å²) < 4.78 is 46.3. The van der Waals surface area contributed by atoms with Gasteiger partial charge < -0.3 is 9.64 Å². The van der Waals surface area contributed by atoms with Crippen LogP contribution in [0.25, 0.3) is 0 Å². The molecule has 10 heteroatoms. The topological polar surface area (TPSA) is 61.8 Å². The molecule has 3 heterocycles. The number of likely N-dealkylation sites (tertiary alicyclic amines) is 1. The van der Waals surface area contributed by atoms with Crippen molar-refractivity contribution in [3.05, 3.63) is 58.2 Å². The Balaban J connectivity index is 1.26. The first-order valence-electron chi connectivity index (χ1n) is 14.3. The number of amides is 1. The Bertz CT molecular complexity index is 1220. The fourth-order valence-corrected chi connectivity index (χ4v) is 6.98. The van der Waals surface area contributed by atoms with Gasteiger partial charge in [0.15, 0.2) is 0 Å². The van der Waals surface area contributed by atoms with Crippen molar-refractivity contribution in [3.63, 3.8) is 0 Å². The third-order valence-electron chi connectivity index (χ3n) is 9.31. The third-order valence-corrected chi connectivity index (χ3v) is 9.31. The minimum Gasteiger partial charge on any atom is -0.376 e. The van der Waals surface area contributed by atoms with E-state index in [4.69, 9.17) is 4.74 Å². The zero-order chi connectivity index (χ0) is 28.8.